The molecule has 2 aromatic rings. The Balaban J connectivity index is 2.14. The molecule has 21 heavy (non-hydrogen) atoms. The van der Waals surface area contributed by atoms with Crippen molar-refractivity contribution in [2.45, 2.75) is 32.9 Å². The van der Waals surface area contributed by atoms with Crippen LogP contribution in [0.1, 0.15) is 30.9 Å². The largest absolute Gasteiger partial charge is 0.328 e. The summed E-state index contributed by atoms with van der Waals surface area (Å²) in [6.07, 6.45) is 3.56. The summed E-state index contributed by atoms with van der Waals surface area (Å²) < 4.78 is 3.32. The molecular formula is C15H20N4O2. The molecule has 0 saturated carbocycles. The van der Waals surface area contributed by atoms with Crippen LogP contribution in [-0.4, -0.2) is 15.0 Å². The number of carbonyl (C=O) groups excluding carboxylic acids is 1. The molecule has 1 atom stereocenters. The van der Waals surface area contributed by atoms with Gasteiger partial charge in [-0.2, -0.15) is 0 Å². The van der Waals surface area contributed by atoms with Gasteiger partial charge in [-0.1, -0.05) is 24.3 Å². The first-order valence-electron chi connectivity index (χ1n) is 6.91. The van der Waals surface area contributed by atoms with Crippen LogP contribution in [0.25, 0.3) is 0 Å². The van der Waals surface area contributed by atoms with Crippen molar-refractivity contribution in [1.82, 2.24) is 14.6 Å². The number of benzene rings is 1. The normalized spacial score (nSPS) is 12.1. The molecule has 1 amide bonds. The zero-order valence-corrected chi connectivity index (χ0v) is 12.2. The highest BCUT2D eigenvalue weighted by Crippen LogP contribution is 2.16. The molecule has 1 aromatic heterocycles. The summed E-state index contributed by atoms with van der Waals surface area (Å²) in [6, 6.07) is 7.62. The number of hydrazine groups is 1. The van der Waals surface area contributed by atoms with E-state index in [9.17, 15) is 9.59 Å². The molecule has 6 heteroatoms. The van der Waals surface area contributed by atoms with E-state index in [2.05, 4.69) is 5.43 Å². The first kappa shape index (κ1) is 15.1. The van der Waals surface area contributed by atoms with E-state index < -0.39 is 0 Å². The van der Waals surface area contributed by atoms with Crippen molar-refractivity contribution in [1.29, 1.82) is 0 Å². The van der Waals surface area contributed by atoms with Crippen molar-refractivity contribution in [3.63, 3.8) is 0 Å². The van der Waals surface area contributed by atoms with Crippen LogP contribution in [0, 0.1) is 0 Å². The molecule has 1 aromatic carbocycles. The SMILES string of the molecule is CCn1ccn(Cc2ccc(C(C)C(=O)NN)cc2)c1=O. The van der Waals surface area contributed by atoms with Crippen LogP contribution in [0.3, 0.4) is 0 Å². The Morgan fingerprint density at radius 2 is 1.86 bits per heavy atom. The molecule has 1 heterocycles. The van der Waals surface area contributed by atoms with E-state index in [1.165, 1.54) is 0 Å². The van der Waals surface area contributed by atoms with Crippen molar-refractivity contribution >= 4 is 5.91 Å². The fraction of sp³-hybridized carbons (Fsp3) is 0.333. The van der Waals surface area contributed by atoms with Gasteiger partial charge in [-0.15, -0.1) is 0 Å². The van der Waals surface area contributed by atoms with Gasteiger partial charge < -0.3 is 0 Å². The Morgan fingerprint density at radius 1 is 1.24 bits per heavy atom. The minimum atomic E-state index is -0.298. The molecule has 0 fully saturated rings. The van der Waals surface area contributed by atoms with Crippen LogP contribution in [0.5, 0.6) is 0 Å². The van der Waals surface area contributed by atoms with E-state index in [1.54, 1.807) is 28.5 Å². The lowest BCUT2D eigenvalue weighted by Gasteiger charge is -2.10. The molecule has 6 nitrogen and oxygen atoms in total. The van der Waals surface area contributed by atoms with Crippen LogP contribution in [-0.2, 0) is 17.9 Å². The molecule has 0 bridgehead atoms. The summed E-state index contributed by atoms with van der Waals surface area (Å²) in [5.74, 6) is 4.61. The van der Waals surface area contributed by atoms with Crippen LogP contribution in [0.4, 0.5) is 0 Å². The fourth-order valence-corrected chi connectivity index (χ4v) is 2.20. The van der Waals surface area contributed by atoms with Gasteiger partial charge in [0.25, 0.3) is 0 Å². The monoisotopic (exact) mass is 288 g/mol. The average molecular weight is 288 g/mol. The predicted octanol–water partition coefficient (Wildman–Crippen LogP) is 0.811. The Hall–Kier alpha value is -2.34. The van der Waals surface area contributed by atoms with Crippen LogP contribution >= 0.6 is 0 Å². The number of nitrogens with one attached hydrogen (secondary N) is 1. The molecule has 0 aliphatic rings. The maximum absolute atomic E-state index is 12.0. The molecule has 0 spiro atoms. The second kappa shape index (κ2) is 6.41. The number of nitrogens with two attached hydrogens (primary N) is 1. The van der Waals surface area contributed by atoms with Crippen molar-refractivity contribution < 1.29 is 4.79 Å². The van der Waals surface area contributed by atoms with E-state index in [-0.39, 0.29) is 17.5 Å². The molecular weight excluding hydrogens is 268 g/mol. The number of rotatable bonds is 5. The quantitative estimate of drug-likeness (QED) is 0.485. The standard InChI is InChI=1S/C15H20N4O2/c1-3-18-8-9-19(15(18)21)10-12-4-6-13(7-5-12)11(2)14(20)17-16/h4-9,11H,3,10,16H2,1-2H3,(H,17,20). The first-order chi connectivity index (χ1) is 10.1. The third-order valence-electron chi connectivity index (χ3n) is 3.63. The van der Waals surface area contributed by atoms with Gasteiger partial charge in [0.1, 0.15) is 0 Å². The van der Waals surface area contributed by atoms with E-state index in [1.807, 2.05) is 31.2 Å². The Morgan fingerprint density at radius 3 is 2.38 bits per heavy atom. The molecule has 2 rings (SSSR count). The average Bonchev–Trinajstić information content (AvgIpc) is 2.87. The van der Waals surface area contributed by atoms with Crippen LogP contribution < -0.4 is 17.0 Å². The molecule has 0 aliphatic carbocycles. The zero-order valence-electron chi connectivity index (χ0n) is 12.2. The van der Waals surface area contributed by atoms with Gasteiger partial charge in [0.15, 0.2) is 0 Å². The van der Waals surface area contributed by atoms with Gasteiger partial charge >= 0.3 is 5.69 Å². The van der Waals surface area contributed by atoms with Crippen molar-refractivity contribution in [3.05, 3.63) is 58.3 Å². The van der Waals surface area contributed by atoms with Gasteiger partial charge in [0.2, 0.25) is 5.91 Å². The number of amides is 1. The maximum Gasteiger partial charge on any atom is 0.328 e. The number of imidazole rings is 1. The summed E-state index contributed by atoms with van der Waals surface area (Å²) in [7, 11) is 0. The van der Waals surface area contributed by atoms with E-state index >= 15 is 0 Å². The fourth-order valence-electron chi connectivity index (χ4n) is 2.20. The van der Waals surface area contributed by atoms with E-state index in [0.717, 1.165) is 11.1 Å². The van der Waals surface area contributed by atoms with Crippen LogP contribution in [0.2, 0.25) is 0 Å². The lowest BCUT2D eigenvalue weighted by molar-refractivity contribution is -0.122. The highest BCUT2D eigenvalue weighted by molar-refractivity contribution is 5.82. The summed E-state index contributed by atoms with van der Waals surface area (Å²) in [6.45, 7) is 4.91. The number of aromatic nitrogens is 2. The lowest BCUT2D eigenvalue weighted by atomic mass is 9.99. The van der Waals surface area contributed by atoms with Crippen molar-refractivity contribution in [2.75, 3.05) is 0 Å². The number of carbonyl (C=O) groups is 1. The molecule has 112 valence electrons. The second-order valence-corrected chi connectivity index (χ2v) is 4.97. The van der Waals surface area contributed by atoms with Gasteiger partial charge in [0.05, 0.1) is 12.5 Å². The van der Waals surface area contributed by atoms with E-state index in [4.69, 9.17) is 5.84 Å². The summed E-state index contributed by atoms with van der Waals surface area (Å²) in [5.41, 5.74) is 4.03. The lowest BCUT2D eigenvalue weighted by Crippen LogP contribution is -2.33. The molecule has 0 aliphatic heterocycles. The molecule has 0 saturated heterocycles. The topological polar surface area (TPSA) is 82.1 Å². The first-order valence-corrected chi connectivity index (χ1v) is 6.91. The zero-order chi connectivity index (χ0) is 15.4. The highest BCUT2D eigenvalue weighted by Gasteiger charge is 2.13. The molecule has 0 radical (unpaired) electrons. The van der Waals surface area contributed by atoms with Gasteiger partial charge in [-0.25, -0.2) is 10.6 Å². The second-order valence-electron chi connectivity index (χ2n) is 4.97. The summed E-state index contributed by atoms with van der Waals surface area (Å²) in [4.78, 5) is 23.5. The minimum Gasteiger partial charge on any atom is -0.300 e. The van der Waals surface area contributed by atoms with Gasteiger partial charge in [-0.3, -0.25) is 19.4 Å². The van der Waals surface area contributed by atoms with Crippen molar-refractivity contribution in [3.8, 4) is 0 Å². The highest BCUT2D eigenvalue weighted by atomic mass is 16.2. The third-order valence-corrected chi connectivity index (χ3v) is 3.63. The predicted molar refractivity (Wildman–Crippen MR) is 80.7 cm³/mol. The number of hydrogen-bond acceptors (Lipinski definition) is 3. The summed E-state index contributed by atoms with van der Waals surface area (Å²) >= 11 is 0. The van der Waals surface area contributed by atoms with Gasteiger partial charge in [-0.05, 0) is 25.0 Å². The van der Waals surface area contributed by atoms with Crippen molar-refractivity contribution in [2.24, 2.45) is 5.84 Å². The maximum atomic E-state index is 12.0. The summed E-state index contributed by atoms with van der Waals surface area (Å²) in [5, 5.41) is 0. The van der Waals surface area contributed by atoms with Gasteiger partial charge in [0, 0.05) is 18.9 Å². The third kappa shape index (κ3) is 3.22. The minimum absolute atomic E-state index is 0.0162. The number of aryl methyl sites for hydroxylation is 1. The molecule has 3 N–H and O–H groups in total. The number of hydrogen-bond donors (Lipinski definition) is 2. The van der Waals surface area contributed by atoms with Crippen LogP contribution in [0.15, 0.2) is 41.5 Å². The molecule has 1 unspecified atom stereocenters. The van der Waals surface area contributed by atoms with E-state index in [0.29, 0.717) is 13.1 Å². The Bertz CT molecular complexity index is 670. The smallest absolute Gasteiger partial charge is 0.300 e. The number of nitrogens with zero attached hydrogens (tertiary/aromatic N) is 2. The Kier molecular flexibility index (Phi) is 4.59. The Labute approximate surface area is 123 Å².